The summed E-state index contributed by atoms with van der Waals surface area (Å²) in [4.78, 5) is 16.6. The molecular weight excluding hydrogens is 460 g/mol. The molecule has 0 aliphatic carbocycles. The number of alkyl halides is 2. The zero-order valence-corrected chi connectivity index (χ0v) is 19.8. The van der Waals surface area contributed by atoms with Crippen LogP contribution in [0.2, 0.25) is 0 Å². The Hall–Kier alpha value is -3.89. The lowest BCUT2D eigenvalue weighted by molar-refractivity contribution is -0.0502. The summed E-state index contributed by atoms with van der Waals surface area (Å²) in [6.45, 7) is 1.28. The number of ether oxygens (including phenoxy) is 3. The number of piperazine rings is 1. The summed E-state index contributed by atoms with van der Waals surface area (Å²) in [6.07, 6.45) is 0. The quantitative estimate of drug-likeness (QED) is 0.481. The van der Waals surface area contributed by atoms with E-state index in [2.05, 4.69) is 14.9 Å². The van der Waals surface area contributed by atoms with Gasteiger partial charge >= 0.3 is 6.61 Å². The zero-order valence-electron chi connectivity index (χ0n) is 19.8. The molecule has 0 saturated carbocycles. The Kier molecular flexibility index (Phi) is 7.33. The number of carbonyl (C=O) groups excluding carboxylic acids is 1. The average Bonchev–Trinajstić information content (AvgIpc) is 3.25. The Morgan fingerprint density at radius 3 is 2.46 bits per heavy atom. The molecule has 4 rings (SSSR count). The topological polar surface area (TPSA) is 82.0 Å². The predicted molar refractivity (Wildman–Crippen MR) is 125 cm³/mol. The van der Waals surface area contributed by atoms with Gasteiger partial charge in [-0.25, -0.2) is 0 Å². The summed E-state index contributed by atoms with van der Waals surface area (Å²) in [6, 6.07) is 11.6. The summed E-state index contributed by atoms with van der Waals surface area (Å²) >= 11 is 0. The minimum Gasteiger partial charge on any atom is -0.493 e. The molecule has 1 aliphatic rings. The van der Waals surface area contributed by atoms with Gasteiger partial charge in [0.1, 0.15) is 5.75 Å². The molecule has 0 spiro atoms. The molecule has 1 saturated heterocycles. The molecule has 2 heterocycles. The number of nitrogens with zero attached hydrogens (tertiary/aromatic N) is 5. The number of aromatic nitrogens is 3. The van der Waals surface area contributed by atoms with Crippen LogP contribution in [0.15, 0.2) is 42.5 Å². The van der Waals surface area contributed by atoms with Crippen LogP contribution in [0.5, 0.6) is 17.2 Å². The standard InChI is InChI=1S/C24H27F2N5O4/c1-4-34-19-10-9-16(15-20(19)33-3)21-27-28-24(29(21)2)31-13-11-30(12-14-31)22(32)17-7-5-6-8-18(17)35-23(25)26/h5-10,15,23H,4,11-14H2,1-3H3. The van der Waals surface area contributed by atoms with Crippen LogP contribution >= 0.6 is 0 Å². The molecule has 1 aromatic heterocycles. The Bertz CT molecular complexity index is 1180. The van der Waals surface area contributed by atoms with Gasteiger partial charge in [0.05, 0.1) is 19.3 Å². The van der Waals surface area contributed by atoms with Crippen molar-refractivity contribution in [2.45, 2.75) is 13.5 Å². The van der Waals surface area contributed by atoms with E-state index >= 15 is 0 Å². The molecule has 186 valence electrons. The number of anilines is 1. The minimum absolute atomic E-state index is 0.117. The number of methoxy groups -OCH3 is 1. The van der Waals surface area contributed by atoms with E-state index in [4.69, 9.17) is 9.47 Å². The van der Waals surface area contributed by atoms with Crippen molar-refractivity contribution >= 4 is 11.9 Å². The van der Waals surface area contributed by atoms with Gasteiger partial charge in [0, 0.05) is 38.8 Å². The highest BCUT2D eigenvalue weighted by Crippen LogP contribution is 2.33. The molecule has 0 unspecified atom stereocenters. The minimum atomic E-state index is -3.00. The third-order valence-electron chi connectivity index (χ3n) is 5.76. The molecule has 1 aliphatic heterocycles. The van der Waals surface area contributed by atoms with Crippen LogP contribution in [0.25, 0.3) is 11.4 Å². The van der Waals surface area contributed by atoms with Crippen LogP contribution < -0.4 is 19.1 Å². The van der Waals surface area contributed by atoms with E-state index in [0.29, 0.717) is 56.1 Å². The lowest BCUT2D eigenvalue weighted by atomic mass is 10.1. The first-order valence-corrected chi connectivity index (χ1v) is 11.2. The summed E-state index contributed by atoms with van der Waals surface area (Å²) < 4.78 is 42.9. The number of para-hydroxylation sites is 1. The molecule has 9 nitrogen and oxygen atoms in total. The molecule has 0 N–H and O–H groups in total. The van der Waals surface area contributed by atoms with Crippen molar-refractivity contribution in [3.63, 3.8) is 0 Å². The second-order valence-electron chi connectivity index (χ2n) is 7.84. The van der Waals surface area contributed by atoms with Crippen LogP contribution in [0.1, 0.15) is 17.3 Å². The van der Waals surface area contributed by atoms with E-state index in [1.165, 1.54) is 12.1 Å². The molecule has 0 radical (unpaired) electrons. The highest BCUT2D eigenvalue weighted by Gasteiger charge is 2.27. The second kappa shape index (κ2) is 10.6. The van der Waals surface area contributed by atoms with Gasteiger partial charge in [0.25, 0.3) is 5.91 Å². The van der Waals surface area contributed by atoms with E-state index in [9.17, 15) is 13.6 Å². The molecule has 1 amide bonds. The number of hydrogen-bond donors (Lipinski definition) is 0. The van der Waals surface area contributed by atoms with Crippen molar-refractivity contribution in [1.82, 2.24) is 19.7 Å². The fourth-order valence-electron chi connectivity index (χ4n) is 4.05. The van der Waals surface area contributed by atoms with Gasteiger partial charge < -0.3 is 24.0 Å². The van der Waals surface area contributed by atoms with E-state index in [0.717, 1.165) is 5.56 Å². The summed E-state index contributed by atoms with van der Waals surface area (Å²) in [5, 5.41) is 8.72. The largest absolute Gasteiger partial charge is 0.493 e. The number of hydrogen-bond acceptors (Lipinski definition) is 7. The van der Waals surface area contributed by atoms with Crippen LogP contribution in [-0.4, -0.2) is 72.1 Å². The Morgan fingerprint density at radius 2 is 1.77 bits per heavy atom. The highest BCUT2D eigenvalue weighted by molar-refractivity contribution is 5.97. The first-order valence-electron chi connectivity index (χ1n) is 11.2. The molecular formula is C24H27F2N5O4. The smallest absolute Gasteiger partial charge is 0.387 e. The molecule has 35 heavy (non-hydrogen) atoms. The van der Waals surface area contributed by atoms with Gasteiger partial charge in [0.15, 0.2) is 17.3 Å². The van der Waals surface area contributed by atoms with Crippen molar-refractivity contribution < 1.29 is 27.8 Å². The summed E-state index contributed by atoms with van der Waals surface area (Å²) in [7, 11) is 3.46. The van der Waals surface area contributed by atoms with E-state index in [-0.39, 0.29) is 17.2 Å². The number of amides is 1. The van der Waals surface area contributed by atoms with Crippen molar-refractivity contribution in [3.8, 4) is 28.6 Å². The maximum atomic E-state index is 13.0. The molecule has 2 aromatic carbocycles. The third-order valence-corrected chi connectivity index (χ3v) is 5.76. The van der Waals surface area contributed by atoms with Crippen LogP contribution in [0.4, 0.5) is 14.7 Å². The van der Waals surface area contributed by atoms with Crippen LogP contribution in [-0.2, 0) is 7.05 Å². The lowest BCUT2D eigenvalue weighted by Crippen LogP contribution is -2.49. The Labute approximate surface area is 201 Å². The number of halogens is 2. The molecule has 0 bridgehead atoms. The van der Waals surface area contributed by atoms with Gasteiger partial charge in [0.2, 0.25) is 5.95 Å². The van der Waals surface area contributed by atoms with Gasteiger partial charge in [-0.15, -0.1) is 10.2 Å². The number of carbonyl (C=O) groups is 1. The van der Waals surface area contributed by atoms with Gasteiger partial charge in [-0.3, -0.25) is 9.36 Å². The maximum Gasteiger partial charge on any atom is 0.387 e. The van der Waals surface area contributed by atoms with E-state index < -0.39 is 6.61 Å². The van der Waals surface area contributed by atoms with Crippen molar-refractivity contribution in [1.29, 1.82) is 0 Å². The average molecular weight is 488 g/mol. The van der Waals surface area contributed by atoms with Crippen molar-refractivity contribution in [2.24, 2.45) is 7.05 Å². The van der Waals surface area contributed by atoms with E-state index in [1.807, 2.05) is 41.6 Å². The molecule has 1 fully saturated rings. The van der Waals surface area contributed by atoms with Gasteiger partial charge in [-0.1, -0.05) is 12.1 Å². The van der Waals surface area contributed by atoms with Crippen molar-refractivity contribution in [3.05, 3.63) is 48.0 Å². The molecule has 11 heteroatoms. The fraction of sp³-hybridized carbons (Fsp3) is 0.375. The Balaban J connectivity index is 1.46. The van der Waals surface area contributed by atoms with Crippen LogP contribution in [0, 0.1) is 0 Å². The monoisotopic (exact) mass is 487 g/mol. The van der Waals surface area contributed by atoms with Crippen molar-refractivity contribution in [2.75, 3.05) is 44.8 Å². The highest BCUT2D eigenvalue weighted by atomic mass is 19.3. The number of benzene rings is 2. The lowest BCUT2D eigenvalue weighted by Gasteiger charge is -2.35. The number of rotatable bonds is 8. The fourth-order valence-corrected chi connectivity index (χ4v) is 4.05. The first kappa shape index (κ1) is 24.2. The summed E-state index contributed by atoms with van der Waals surface area (Å²) in [5.74, 6) is 2.12. The predicted octanol–water partition coefficient (Wildman–Crippen LogP) is 3.45. The maximum absolute atomic E-state index is 13.0. The van der Waals surface area contributed by atoms with Gasteiger partial charge in [-0.2, -0.15) is 8.78 Å². The SMILES string of the molecule is CCOc1ccc(-c2nnc(N3CCN(C(=O)c4ccccc4OC(F)F)CC3)n2C)cc1OC. The van der Waals surface area contributed by atoms with E-state index in [1.54, 1.807) is 24.1 Å². The van der Waals surface area contributed by atoms with Gasteiger partial charge in [-0.05, 0) is 37.3 Å². The molecule has 3 aromatic rings. The second-order valence-corrected chi connectivity index (χ2v) is 7.84. The third kappa shape index (κ3) is 5.13. The Morgan fingerprint density at radius 1 is 1.03 bits per heavy atom. The summed E-state index contributed by atoms with van der Waals surface area (Å²) in [5.41, 5.74) is 0.947. The normalized spacial score (nSPS) is 13.8. The molecule has 0 atom stereocenters. The van der Waals surface area contributed by atoms with Crippen LogP contribution in [0.3, 0.4) is 0 Å². The first-order chi connectivity index (χ1) is 16.9. The zero-order chi connectivity index (χ0) is 24.9.